The molecule has 2 aliphatic rings. The number of carbonyl (C=O) groups excluding carboxylic acids is 1. The third kappa shape index (κ3) is 3.26. The van der Waals surface area contributed by atoms with Gasteiger partial charge in [-0.05, 0) is 18.9 Å². The molecule has 4 heterocycles. The van der Waals surface area contributed by atoms with Crippen molar-refractivity contribution in [1.29, 1.82) is 0 Å². The molecule has 1 amide bonds. The number of hydrogen-bond donors (Lipinski definition) is 2. The zero-order chi connectivity index (χ0) is 19.9. The maximum atomic E-state index is 12.7. The van der Waals surface area contributed by atoms with Gasteiger partial charge >= 0.3 is 0 Å². The van der Waals surface area contributed by atoms with Crippen LogP contribution in [0.25, 0.3) is 0 Å². The molecule has 2 N–H and O–H groups in total. The number of aromatic amines is 2. The van der Waals surface area contributed by atoms with E-state index < -0.39 is 0 Å². The summed E-state index contributed by atoms with van der Waals surface area (Å²) in [5.41, 5.74) is 4.37. The normalized spacial score (nSPS) is 19.8. The van der Waals surface area contributed by atoms with E-state index >= 15 is 0 Å². The predicted octanol–water partition coefficient (Wildman–Crippen LogP) is 2.72. The van der Waals surface area contributed by atoms with Crippen LogP contribution in [0.3, 0.4) is 0 Å². The fourth-order valence-electron chi connectivity index (χ4n) is 4.69. The Morgan fingerprint density at radius 3 is 2.64 bits per heavy atom. The molecule has 1 saturated heterocycles. The van der Waals surface area contributed by atoms with E-state index in [1.54, 1.807) is 6.33 Å². The van der Waals surface area contributed by atoms with E-state index in [-0.39, 0.29) is 16.9 Å². The van der Waals surface area contributed by atoms with Gasteiger partial charge in [0, 0.05) is 55.8 Å². The molecule has 1 fully saturated rings. The van der Waals surface area contributed by atoms with Crippen molar-refractivity contribution < 1.29 is 4.79 Å². The van der Waals surface area contributed by atoms with E-state index in [0.717, 1.165) is 62.5 Å². The number of nitrogens with one attached hydrogen (secondary N) is 2. The summed E-state index contributed by atoms with van der Waals surface area (Å²) >= 11 is 0. The van der Waals surface area contributed by atoms with Crippen molar-refractivity contribution >= 4 is 5.91 Å². The molecule has 0 aliphatic carbocycles. The number of hydrogen-bond acceptors (Lipinski definition) is 4. The van der Waals surface area contributed by atoms with E-state index in [2.05, 4.69) is 56.8 Å². The van der Waals surface area contributed by atoms with Gasteiger partial charge in [0.05, 0.1) is 23.3 Å². The number of imidazole rings is 1. The summed E-state index contributed by atoms with van der Waals surface area (Å²) in [7, 11) is 0. The molecule has 152 valence electrons. The molecular weight excluding hydrogens is 352 g/mol. The van der Waals surface area contributed by atoms with Crippen molar-refractivity contribution in [1.82, 2.24) is 30.0 Å². The fourth-order valence-corrected chi connectivity index (χ4v) is 4.69. The number of aromatic nitrogens is 4. The fraction of sp³-hybridized carbons (Fsp3) is 0.667. The number of likely N-dealkylation sites (tertiary alicyclic amines) is 1. The van der Waals surface area contributed by atoms with Crippen molar-refractivity contribution in [3.8, 4) is 0 Å². The molecule has 0 aromatic carbocycles. The van der Waals surface area contributed by atoms with Crippen LogP contribution in [0.15, 0.2) is 12.4 Å². The molecule has 0 atom stereocenters. The summed E-state index contributed by atoms with van der Waals surface area (Å²) in [6, 6.07) is 2.18. The molecule has 7 nitrogen and oxygen atoms in total. The summed E-state index contributed by atoms with van der Waals surface area (Å²) in [5, 5.41) is 7.69. The minimum atomic E-state index is -0.248. The molecule has 0 bridgehead atoms. The molecule has 1 spiro atoms. The van der Waals surface area contributed by atoms with Gasteiger partial charge in [-0.25, -0.2) is 4.98 Å². The minimum absolute atomic E-state index is 0.0557. The van der Waals surface area contributed by atoms with Crippen LogP contribution in [0.2, 0.25) is 0 Å². The van der Waals surface area contributed by atoms with Gasteiger partial charge in [0.1, 0.15) is 0 Å². The summed E-state index contributed by atoms with van der Waals surface area (Å²) in [6.45, 7) is 12.1. The SMILES string of the molecule is CCC(=O)N1CCc2[nH]cnc2C12CCN(Cc1cc(C(C)(C)C)n[nH]1)CC2. The monoisotopic (exact) mass is 384 g/mol. The van der Waals surface area contributed by atoms with Gasteiger partial charge in [0.15, 0.2) is 0 Å². The second-order valence-electron chi connectivity index (χ2n) is 9.21. The minimum Gasteiger partial charge on any atom is -0.348 e. The second-order valence-corrected chi connectivity index (χ2v) is 9.21. The van der Waals surface area contributed by atoms with Gasteiger partial charge in [0.25, 0.3) is 0 Å². The summed E-state index contributed by atoms with van der Waals surface area (Å²) < 4.78 is 0. The topological polar surface area (TPSA) is 80.9 Å². The third-order valence-corrected chi connectivity index (χ3v) is 6.34. The Morgan fingerprint density at radius 2 is 2.00 bits per heavy atom. The van der Waals surface area contributed by atoms with Crippen LogP contribution >= 0.6 is 0 Å². The van der Waals surface area contributed by atoms with Gasteiger partial charge < -0.3 is 9.88 Å². The highest BCUT2D eigenvalue weighted by Gasteiger charge is 2.48. The van der Waals surface area contributed by atoms with Crippen molar-refractivity contribution in [2.45, 2.75) is 70.9 Å². The Labute approximate surface area is 166 Å². The summed E-state index contributed by atoms with van der Waals surface area (Å²) in [4.78, 5) is 25.2. The largest absolute Gasteiger partial charge is 0.348 e. The molecular formula is C21H32N6O. The van der Waals surface area contributed by atoms with E-state index in [4.69, 9.17) is 0 Å². The molecule has 7 heteroatoms. The van der Waals surface area contributed by atoms with Gasteiger partial charge in [-0.15, -0.1) is 0 Å². The predicted molar refractivity (Wildman–Crippen MR) is 108 cm³/mol. The summed E-state index contributed by atoms with van der Waals surface area (Å²) in [6.07, 6.45) is 5.07. The zero-order valence-electron chi connectivity index (χ0n) is 17.5. The van der Waals surface area contributed by atoms with Crippen LogP contribution in [-0.2, 0) is 28.7 Å². The first-order valence-electron chi connectivity index (χ1n) is 10.4. The average molecular weight is 385 g/mol. The highest BCUT2D eigenvalue weighted by molar-refractivity contribution is 5.77. The number of piperidine rings is 1. The van der Waals surface area contributed by atoms with Crippen LogP contribution in [-0.4, -0.2) is 55.5 Å². The molecule has 0 unspecified atom stereocenters. The van der Waals surface area contributed by atoms with Crippen molar-refractivity contribution in [2.24, 2.45) is 0 Å². The maximum Gasteiger partial charge on any atom is 0.223 e. The Balaban J connectivity index is 1.50. The van der Waals surface area contributed by atoms with Crippen LogP contribution in [0.1, 0.15) is 69.7 Å². The highest BCUT2D eigenvalue weighted by Crippen LogP contribution is 2.42. The first-order chi connectivity index (χ1) is 13.3. The average Bonchev–Trinajstić information content (AvgIpc) is 3.33. The lowest BCUT2D eigenvalue weighted by Crippen LogP contribution is -2.58. The maximum absolute atomic E-state index is 12.7. The number of fused-ring (bicyclic) bond motifs is 2. The number of rotatable bonds is 3. The second kappa shape index (κ2) is 7.03. The molecule has 2 aromatic rings. The Morgan fingerprint density at radius 1 is 1.25 bits per heavy atom. The van der Waals surface area contributed by atoms with Crippen molar-refractivity contribution in [3.63, 3.8) is 0 Å². The van der Waals surface area contributed by atoms with Crippen LogP contribution in [0.5, 0.6) is 0 Å². The van der Waals surface area contributed by atoms with E-state index in [1.807, 2.05) is 6.92 Å². The number of nitrogens with zero attached hydrogens (tertiary/aromatic N) is 4. The quantitative estimate of drug-likeness (QED) is 0.853. The van der Waals surface area contributed by atoms with Gasteiger partial charge in [0.2, 0.25) is 5.91 Å². The Hall–Kier alpha value is -2.15. The Kier molecular flexibility index (Phi) is 4.81. The van der Waals surface area contributed by atoms with E-state index in [1.165, 1.54) is 5.69 Å². The molecule has 28 heavy (non-hydrogen) atoms. The van der Waals surface area contributed by atoms with Crippen molar-refractivity contribution in [3.05, 3.63) is 35.2 Å². The molecule has 2 aliphatic heterocycles. The highest BCUT2D eigenvalue weighted by atomic mass is 16.2. The lowest BCUT2D eigenvalue weighted by atomic mass is 9.78. The van der Waals surface area contributed by atoms with Gasteiger partial charge in [-0.2, -0.15) is 5.10 Å². The molecule has 2 aromatic heterocycles. The summed E-state index contributed by atoms with van der Waals surface area (Å²) in [5.74, 6) is 0.241. The smallest absolute Gasteiger partial charge is 0.223 e. The number of amides is 1. The lowest BCUT2D eigenvalue weighted by molar-refractivity contribution is -0.141. The molecule has 4 rings (SSSR count). The number of carbonyl (C=O) groups is 1. The van der Waals surface area contributed by atoms with Gasteiger partial charge in [-0.1, -0.05) is 27.7 Å². The standard InChI is InChI=1S/C21H32N6O/c1-5-18(28)27-9-6-16-19(23-14-22-16)21(27)7-10-26(11-8-21)13-15-12-17(25-24-15)20(2,3)4/h12,14H,5-11,13H2,1-4H3,(H,22,23)(H,24,25). The van der Waals surface area contributed by atoms with Crippen LogP contribution in [0.4, 0.5) is 0 Å². The molecule has 0 saturated carbocycles. The zero-order valence-corrected chi connectivity index (χ0v) is 17.5. The Bertz CT molecular complexity index is 837. The first kappa shape index (κ1) is 19.2. The first-order valence-corrected chi connectivity index (χ1v) is 10.4. The third-order valence-electron chi connectivity index (χ3n) is 6.34. The van der Waals surface area contributed by atoms with Gasteiger partial charge in [-0.3, -0.25) is 14.8 Å². The van der Waals surface area contributed by atoms with E-state index in [0.29, 0.717) is 6.42 Å². The molecule has 0 radical (unpaired) electrons. The van der Waals surface area contributed by atoms with E-state index in [9.17, 15) is 4.79 Å². The number of H-pyrrole nitrogens is 2. The van der Waals surface area contributed by atoms with Crippen LogP contribution < -0.4 is 0 Å². The lowest BCUT2D eigenvalue weighted by Gasteiger charge is -2.50. The van der Waals surface area contributed by atoms with Crippen LogP contribution in [0, 0.1) is 0 Å². The van der Waals surface area contributed by atoms with Crippen molar-refractivity contribution in [2.75, 3.05) is 19.6 Å².